The van der Waals surface area contributed by atoms with Gasteiger partial charge in [-0.25, -0.2) is 9.98 Å². The van der Waals surface area contributed by atoms with E-state index in [9.17, 15) is 0 Å². The van der Waals surface area contributed by atoms with Crippen LogP contribution in [0.5, 0.6) is 5.75 Å². The van der Waals surface area contributed by atoms with E-state index >= 15 is 0 Å². The summed E-state index contributed by atoms with van der Waals surface area (Å²) in [5, 5.41) is 0. The van der Waals surface area contributed by atoms with Gasteiger partial charge in [-0.3, -0.25) is 0 Å². The van der Waals surface area contributed by atoms with Gasteiger partial charge in [-0.05, 0) is 61.7 Å². The summed E-state index contributed by atoms with van der Waals surface area (Å²) in [6, 6.07) is 26.8. The molecule has 3 aromatic carbocycles. The third-order valence-corrected chi connectivity index (χ3v) is 5.10. The van der Waals surface area contributed by atoms with Gasteiger partial charge in [0, 0.05) is 5.69 Å². The maximum Gasteiger partial charge on any atom is 0.219 e. The Morgan fingerprint density at radius 2 is 1.50 bits per heavy atom. The van der Waals surface area contributed by atoms with E-state index in [1.807, 2.05) is 51.1 Å². The summed E-state index contributed by atoms with van der Waals surface area (Å²) < 4.78 is 5.98. The molecule has 1 aliphatic rings. The molecular formula is C25H26N4O. The zero-order chi connectivity index (χ0) is 21.1. The topological polar surface area (TPSA) is 63.2 Å². The molecule has 0 saturated heterocycles. The molecule has 1 aliphatic heterocycles. The minimum Gasteiger partial charge on any atom is -0.489 e. The van der Waals surface area contributed by atoms with Crippen molar-refractivity contribution in [3.63, 3.8) is 0 Å². The van der Waals surface area contributed by atoms with E-state index in [0.717, 1.165) is 22.8 Å². The van der Waals surface area contributed by atoms with E-state index in [-0.39, 0.29) is 0 Å². The highest BCUT2D eigenvalue weighted by atomic mass is 16.5. The average molecular weight is 399 g/mol. The summed E-state index contributed by atoms with van der Waals surface area (Å²) in [6.45, 7) is 6.49. The molecule has 0 aliphatic carbocycles. The SMILES string of the molecule is CC1=NC(N)=NC(C)(C)N1c1ccc(OCc2ccc(-c3ccccc3)cc2)cc1. The van der Waals surface area contributed by atoms with Gasteiger partial charge in [-0.15, -0.1) is 0 Å². The Bertz CT molecular complexity index is 1070. The van der Waals surface area contributed by atoms with E-state index in [0.29, 0.717) is 12.6 Å². The van der Waals surface area contributed by atoms with Crippen molar-refractivity contribution < 1.29 is 4.74 Å². The molecule has 3 aromatic rings. The number of rotatable bonds is 5. The highest BCUT2D eigenvalue weighted by Crippen LogP contribution is 2.30. The highest BCUT2D eigenvalue weighted by Gasteiger charge is 2.32. The van der Waals surface area contributed by atoms with E-state index < -0.39 is 5.66 Å². The fraction of sp³-hybridized carbons (Fsp3) is 0.200. The summed E-state index contributed by atoms with van der Waals surface area (Å²) in [7, 11) is 0. The van der Waals surface area contributed by atoms with Gasteiger partial charge in [-0.2, -0.15) is 0 Å². The van der Waals surface area contributed by atoms with Gasteiger partial charge in [0.2, 0.25) is 5.96 Å². The molecule has 152 valence electrons. The van der Waals surface area contributed by atoms with Gasteiger partial charge in [-0.1, -0.05) is 54.6 Å². The number of hydrogen-bond donors (Lipinski definition) is 1. The number of nitrogens with zero attached hydrogens (tertiary/aromatic N) is 3. The van der Waals surface area contributed by atoms with Crippen LogP contribution in [0.4, 0.5) is 5.69 Å². The van der Waals surface area contributed by atoms with Crippen LogP contribution in [0.15, 0.2) is 88.8 Å². The van der Waals surface area contributed by atoms with Crippen LogP contribution >= 0.6 is 0 Å². The number of hydrogen-bond acceptors (Lipinski definition) is 5. The Balaban J connectivity index is 1.41. The van der Waals surface area contributed by atoms with Crippen molar-refractivity contribution in [3.8, 4) is 16.9 Å². The van der Waals surface area contributed by atoms with Gasteiger partial charge in [0.25, 0.3) is 0 Å². The molecule has 0 bridgehead atoms. The van der Waals surface area contributed by atoms with Crippen LogP contribution in [0.2, 0.25) is 0 Å². The zero-order valence-corrected chi connectivity index (χ0v) is 17.5. The summed E-state index contributed by atoms with van der Waals surface area (Å²) >= 11 is 0. The largest absolute Gasteiger partial charge is 0.489 e. The van der Waals surface area contributed by atoms with Crippen molar-refractivity contribution in [2.45, 2.75) is 33.0 Å². The molecule has 0 fully saturated rings. The molecule has 0 spiro atoms. The lowest BCUT2D eigenvalue weighted by atomic mass is 10.0. The standard InChI is InChI=1S/C25H26N4O/c1-18-27-24(26)28-25(2,3)29(18)22-13-15-23(16-14-22)30-17-19-9-11-21(12-10-19)20-7-5-4-6-8-20/h4-16H,17H2,1-3H3,(H2,26,28). The maximum atomic E-state index is 5.98. The van der Waals surface area contributed by atoms with Crippen molar-refractivity contribution in [2.24, 2.45) is 15.7 Å². The number of amidine groups is 1. The van der Waals surface area contributed by atoms with Crippen LogP contribution < -0.4 is 15.4 Å². The monoisotopic (exact) mass is 398 g/mol. The second-order valence-electron chi connectivity index (χ2n) is 7.80. The van der Waals surface area contributed by atoms with Crippen LogP contribution in [0.25, 0.3) is 11.1 Å². The third kappa shape index (κ3) is 4.20. The van der Waals surface area contributed by atoms with Gasteiger partial charge < -0.3 is 15.4 Å². The summed E-state index contributed by atoms with van der Waals surface area (Å²) in [5.41, 5.74) is 9.87. The Hall–Kier alpha value is -3.60. The number of anilines is 1. The fourth-order valence-electron chi connectivity index (χ4n) is 3.75. The molecule has 0 unspecified atom stereocenters. The predicted octanol–water partition coefficient (Wildman–Crippen LogP) is 5.22. The van der Waals surface area contributed by atoms with E-state index in [2.05, 4.69) is 63.4 Å². The van der Waals surface area contributed by atoms with Crippen molar-refractivity contribution in [1.29, 1.82) is 0 Å². The maximum absolute atomic E-state index is 5.98. The number of benzene rings is 3. The third-order valence-electron chi connectivity index (χ3n) is 5.10. The zero-order valence-electron chi connectivity index (χ0n) is 17.5. The highest BCUT2D eigenvalue weighted by molar-refractivity contribution is 6.06. The first-order valence-corrected chi connectivity index (χ1v) is 10.0. The normalized spacial score (nSPS) is 15.4. The lowest BCUT2D eigenvalue weighted by Crippen LogP contribution is -2.50. The molecule has 30 heavy (non-hydrogen) atoms. The van der Waals surface area contributed by atoms with Crippen molar-refractivity contribution >= 4 is 17.5 Å². The average Bonchev–Trinajstić information content (AvgIpc) is 2.73. The van der Waals surface area contributed by atoms with Gasteiger partial charge in [0.15, 0.2) is 0 Å². The Morgan fingerprint density at radius 3 is 2.13 bits per heavy atom. The van der Waals surface area contributed by atoms with Crippen molar-refractivity contribution in [3.05, 3.63) is 84.4 Å². The Morgan fingerprint density at radius 1 is 0.867 bits per heavy atom. The summed E-state index contributed by atoms with van der Waals surface area (Å²) in [6.07, 6.45) is 0. The molecule has 4 rings (SSSR count). The summed E-state index contributed by atoms with van der Waals surface area (Å²) in [4.78, 5) is 10.8. The van der Waals surface area contributed by atoms with Gasteiger partial charge in [0.1, 0.15) is 23.9 Å². The second kappa shape index (κ2) is 8.03. The molecule has 0 aromatic heterocycles. The molecular weight excluding hydrogens is 372 g/mol. The molecule has 0 amide bonds. The Labute approximate surface area is 177 Å². The number of aliphatic imine (C=N–C) groups is 2. The van der Waals surface area contributed by atoms with Crippen LogP contribution in [0, 0.1) is 0 Å². The first kappa shape index (κ1) is 19.7. The molecule has 5 heteroatoms. The lowest BCUT2D eigenvalue weighted by Gasteiger charge is -2.39. The fourth-order valence-corrected chi connectivity index (χ4v) is 3.75. The molecule has 1 heterocycles. The minimum absolute atomic E-state index is 0.312. The molecule has 0 saturated carbocycles. The van der Waals surface area contributed by atoms with Crippen LogP contribution in [0.3, 0.4) is 0 Å². The smallest absolute Gasteiger partial charge is 0.219 e. The molecule has 5 nitrogen and oxygen atoms in total. The van der Waals surface area contributed by atoms with Gasteiger partial charge in [0.05, 0.1) is 0 Å². The second-order valence-corrected chi connectivity index (χ2v) is 7.80. The quantitative estimate of drug-likeness (QED) is 0.641. The van der Waals surface area contributed by atoms with Gasteiger partial charge >= 0.3 is 0 Å². The number of guanidine groups is 1. The first-order valence-electron chi connectivity index (χ1n) is 10.0. The molecule has 0 atom stereocenters. The van der Waals surface area contributed by atoms with Crippen molar-refractivity contribution in [1.82, 2.24) is 0 Å². The minimum atomic E-state index is -0.487. The van der Waals surface area contributed by atoms with E-state index in [1.165, 1.54) is 11.1 Å². The Kier molecular flexibility index (Phi) is 5.27. The first-order chi connectivity index (χ1) is 14.4. The molecule has 2 N–H and O–H groups in total. The summed E-state index contributed by atoms with van der Waals surface area (Å²) in [5.74, 6) is 1.95. The van der Waals surface area contributed by atoms with E-state index in [1.54, 1.807) is 0 Å². The lowest BCUT2D eigenvalue weighted by molar-refractivity contribution is 0.306. The van der Waals surface area contributed by atoms with Crippen LogP contribution in [-0.2, 0) is 6.61 Å². The number of ether oxygens (including phenoxy) is 1. The van der Waals surface area contributed by atoms with E-state index in [4.69, 9.17) is 10.5 Å². The number of nitrogens with two attached hydrogens (primary N) is 1. The van der Waals surface area contributed by atoms with Crippen LogP contribution in [-0.4, -0.2) is 17.5 Å². The van der Waals surface area contributed by atoms with Crippen molar-refractivity contribution in [2.75, 3.05) is 4.90 Å². The predicted molar refractivity (Wildman–Crippen MR) is 124 cm³/mol. The molecule has 0 radical (unpaired) electrons. The van der Waals surface area contributed by atoms with Crippen LogP contribution in [0.1, 0.15) is 26.3 Å².